The molecule has 3 aliphatic carbocycles. The Morgan fingerprint density at radius 1 is 1.12 bits per heavy atom. The van der Waals surface area contributed by atoms with E-state index in [1.165, 1.54) is 0 Å². The van der Waals surface area contributed by atoms with Gasteiger partial charge in [-0.25, -0.2) is 0 Å². The second-order valence-electron chi connectivity index (χ2n) is 5.33. The van der Waals surface area contributed by atoms with Crippen LogP contribution in [0.2, 0.25) is 0 Å². The van der Waals surface area contributed by atoms with Gasteiger partial charge in [-0.1, -0.05) is 6.92 Å². The molecule has 0 spiro atoms. The molecule has 0 radical (unpaired) electrons. The van der Waals surface area contributed by atoms with Crippen molar-refractivity contribution in [3.8, 4) is 0 Å². The third-order valence-corrected chi connectivity index (χ3v) is 4.49. The fourth-order valence-corrected chi connectivity index (χ4v) is 3.13. The van der Waals surface area contributed by atoms with Crippen molar-refractivity contribution in [2.45, 2.75) is 57.4 Å². The first-order valence-corrected chi connectivity index (χ1v) is 6.13. The molecule has 0 atom stereocenters. The number of carbonyl (C=O) groups excluding carboxylic acids is 2. The number of hydrogen-bond acceptors (Lipinski definition) is 2. The number of hydrogen-bond donors (Lipinski definition) is 2. The van der Waals surface area contributed by atoms with Gasteiger partial charge in [-0.3, -0.25) is 9.59 Å². The minimum Gasteiger partial charge on any atom is -0.369 e. The molecule has 0 aromatic heterocycles. The van der Waals surface area contributed by atoms with E-state index >= 15 is 0 Å². The molecular formula is C12H20N2O2. The number of rotatable bonds is 3. The Kier molecular flexibility index (Phi) is 2.68. The average Bonchev–Trinajstić information content (AvgIpc) is 2.30. The Bertz CT molecular complexity index is 300. The standard InChI is InChI=1S/C12H20N2O2/c1-2-9(15)14-12-6-3-11(4-7-12,5-8-12)10(13)16/h2-8H2,1H3,(H2,13,16)(H,14,15). The van der Waals surface area contributed by atoms with Gasteiger partial charge in [0, 0.05) is 17.4 Å². The van der Waals surface area contributed by atoms with Gasteiger partial charge in [0.2, 0.25) is 11.8 Å². The van der Waals surface area contributed by atoms with Crippen molar-refractivity contribution in [3.05, 3.63) is 0 Å². The highest BCUT2D eigenvalue weighted by atomic mass is 16.2. The molecule has 0 aromatic rings. The van der Waals surface area contributed by atoms with Crippen molar-refractivity contribution in [1.82, 2.24) is 5.32 Å². The topological polar surface area (TPSA) is 72.2 Å². The molecule has 0 heterocycles. The Hall–Kier alpha value is -1.06. The largest absolute Gasteiger partial charge is 0.369 e. The lowest BCUT2D eigenvalue weighted by Gasteiger charge is -2.52. The van der Waals surface area contributed by atoms with Crippen LogP contribution in [0, 0.1) is 5.41 Å². The molecule has 4 heteroatoms. The number of primary amides is 1. The maximum absolute atomic E-state index is 11.5. The number of amides is 2. The summed E-state index contributed by atoms with van der Waals surface area (Å²) in [7, 11) is 0. The van der Waals surface area contributed by atoms with Crippen LogP contribution in [0.15, 0.2) is 0 Å². The first-order valence-electron chi connectivity index (χ1n) is 6.13. The highest BCUT2D eigenvalue weighted by molar-refractivity contribution is 5.81. The van der Waals surface area contributed by atoms with Gasteiger partial charge in [-0.2, -0.15) is 0 Å². The van der Waals surface area contributed by atoms with Crippen LogP contribution < -0.4 is 11.1 Å². The Labute approximate surface area is 96.0 Å². The number of nitrogens with two attached hydrogens (primary N) is 1. The van der Waals surface area contributed by atoms with E-state index < -0.39 is 0 Å². The Morgan fingerprint density at radius 2 is 1.62 bits per heavy atom. The van der Waals surface area contributed by atoms with Gasteiger partial charge < -0.3 is 11.1 Å². The van der Waals surface area contributed by atoms with Gasteiger partial charge in [-0.15, -0.1) is 0 Å². The highest BCUT2D eigenvalue weighted by Gasteiger charge is 2.51. The number of carbonyl (C=O) groups is 2. The molecule has 3 saturated carbocycles. The van der Waals surface area contributed by atoms with Gasteiger partial charge >= 0.3 is 0 Å². The molecule has 0 aromatic carbocycles. The SMILES string of the molecule is CCC(=O)NC12CCC(C(N)=O)(CC1)CC2. The van der Waals surface area contributed by atoms with E-state index in [1.807, 2.05) is 6.92 Å². The minimum atomic E-state index is -0.265. The first-order chi connectivity index (χ1) is 7.52. The highest BCUT2D eigenvalue weighted by Crippen LogP contribution is 2.52. The molecule has 3 fully saturated rings. The Balaban J connectivity index is 2.05. The summed E-state index contributed by atoms with van der Waals surface area (Å²) in [5.41, 5.74) is 5.18. The molecule has 0 unspecified atom stereocenters. The van der Waals surface area contributed by atoms with Gasteiger partial charge in [0.1, 0.15) is 0 Å². The number of nitrogens with one attached hydrogen (secondary N) is 1. The van der Waals surface area contributed by atoms with Crippen molar-refractivity contribution in [1.29, 1.82) is 0 Å². The third-order valence-electron chi connectivity index (χ3n) is 4.49. The number of fused-ring (bicyclic) bond motifs is 3. The van der Waals surface area contributed by atoms with Crippen LogP contribution in [-0.2, 0) is 9.59 Å². The van der Waals surface area contributed by atoms with Gasteiger partial charge in [0.25, 0.3) is 0 Å². The summed E-state index contributed by atoms with van der Waals surface area (Å²) in [6, 6.07) is 0. The zero-order valence-corrected chi connectivity index (χ0v) is 9.84. The zero-order chi connectivity index (χ0) is 11.8. The molecule has 3 aliphatic rings. The summed E-state index contributed by atoms with van der Waals surface area (Å²) in [6.45, 7) is 1.87. The van der Waals surface area contributed by atoms with Crippen molar-refractivity contribution >= 4 is 11.8 Å². The fourth-order valence-electron chi connectivity index (χ4n) is 3.13. The molecule has 0 aliphatic heterocycles. The lowest BCUT2D eigenvalue weighted by Crippen LogP contribution is -2.59. The lowest BCUT2D eigenvalue weighted by atomic mass is 9.57. The lowest BCUT2D eigenvalue weighted by molar-refractivity contribution is -0.136. The predicted octanol–water partition coefficient (Wildman–Crippen LogP) is 1.09. The fraction of sp³-hybridized carbons (Fsp3) is 0.833. The molecule has 0 saturated heterocycles. The van der Waals surface area contributed by atoms with E-state index in [-0.39, 0.29) is 22.8 Å². The summed E-state index contributed by atoms with van der Waals surface area (Å²) < 4.78 is 0. The van der Waals surface area contributed by atoms with Gasteiger partial charge in [0.05, 0.1) is 0 Å². The van der Waals surface area contributed by atoms with Crippen molar-refractivity contribution < 1.29 is 9.59 Å². The maximum Gasteiger partial charge on any atom is 0.223 e. The van der Waals surface area contributed by atoms with E-state index in [9.17, 15) is 9.59 Å². The van der Waals surface area contributed by atoms with E-state index in [1.54, 1.807) is 0 Å². The van der Waals surface area contributed by atoms with Crippen LogP contribution in [-0.4, -0.2) is 17.4 Å². The van der Waals surface area contributed by atoms with Crippen LogP contribution in [0.3, 0.4) is 0 Å². The summed E-state index contributed by atoms with van der Waals surface area (Å²) in [4.78, 5) is 22.9. The molecule has 4 nitrogen and oxygen atoms in total. The van der Waals surface area contributed by atoms with E-state index in [0.29, 0.717) is 6.42 Å². The van der Waals surface area contributed by atoms with E-state index in [4.69, 9.17) is 5.73 Å². The minimum absolute atomic E-state index is 0.0374. The summed E-state index contributed by atoms with van der Waals surface area (Å²) in [5, 5.41) is 3.13. The monoisotopic (exact) mass is 224 g/mol. The van der Waals surface area contributed by atoms with Crippen LogP contribution in [0.5, 0.6) is 0 Å². The second-order valence-corrected chi connectivity index (χ2v) is 5.33. The molecule has 16 heavy (non-hydrogen) atoms. The van der Waals surface area contributed by atoms with E-state index in [2.05, 4.69) is 5.32 Å². The van der Waals surface area contributed by atoms with Crippen LogP contribution in [0.4, 0.5) is 0 Å². The van der Waals surface area contributed by atoms with Crippen LogP contribution in [0.1, 0.15) is 51.9 Å². The Morgan fingerprint density at radius 3 is 2.00 bits per heavy atom. The van der Waals surface area contributed by atoms with Crippen LogP contribution in [0.25, 0.3) is 0 Å². The molecular weight excluding hydrogens is 204 g/mol. The van der Waals surface area contributed by atoms with Gasteiger partial charge in [-0.05, 0) is 38.5 Å². The van der Waals surface area contributed by atoms with Crippen molar-refractivity contribution in [2.24, 2.45) is 11.1 Å². The zero-order valence-electron chi connectivity index (χ0n) is 9.84. The molecule has 2 bridgehead atoms. The predicted molar refractivity (Wildman–Crippen MR) is 60.5 cm³/mol. The first kappa shape index (κ1) is 11.4. The third kappa shape index (κ3) is 1.70. The average molecular weight is 224 g/mol. The van der Waals surface area contributed by atoms with Gasteiger partial charge in [0.15, 0.2) is 0 Å². The maximum atomic E-state index is 11.5. The summed E-state index contributed by atoms with van der Waals surface area (Å²) in [5.74, 6) is -0.0314. The van der Waals surface area contributed by atoms with Crippen molar-refractivity contribution in [2.75, 3.05) is 0 Å². The smallest absolute Gasteiger partial charge is 0.223 e. The van der Waals surface area contributed by atoms with Crippen LogP contribution >= 0.6 is 0 Å². The molecule has 3 N–H and O–H groups in total. The summed E-state index contributed by atoms with van der Waals surface area (Å²) >= 11 is 0. The molecule has 90 valence electrons. The van der Waals surface area contributed by atoms with Crippen molar-refractivity contribution in [3.63, 3.8) is 0 Å². The van der Waals surface area contributed by atoms with E-state index in [0.717, 1.165) is 38.5 Å². The normalized spacial score (nSPS) is 37.1. The molecule has 2 amide bonds. The molecule has 3 rings (SSSR count). The quantitative estimate of drug-likeness (QED) is 0.753. The second kappa shape index (κ2) is 3.75. The summed E-state index contributed by atoms with van der Waals surface area (Å²) in [6.07, 6.45) is 5.76.